The third kappa shape index (κ3) is 3.54. The fourth-order valence-corrected chi connectivity index (χ4v) is 2.75. The minimum atomic E-state index is -0.925. The minimum Gasteiger partial charge on any atom is -0.465 e. The summed E-state index contributed by atoms with van der Waals surface area (Å²) in [6, 6.07) is 9.59. The van der Waals surface area contributed by atoms with E-state index in [-0.39, 0.29) is 12.4 Å². The molecule has 0 aliphatic carbocycles. The highest BCUT2D eigenvalue weighted by atomic mass is 32.2. The number of hydrogen-bond donors (Lipinski definition) is 0. The molecule has 1 aromatic heterocycles. The van der Waals surface area contributed by atoms with E-state index in [0.717, 1.165) is 17.3 Å². The van der Waals surface area contributed by atoms with Gasteiger partial charge in [0.25, 0.3) is 0 Å². The monoisotopic (exact) mass is 319 g/mol. The Morgan fingerprint density at radius 1 is 1.27 bits per heavy atom. The van der Waals surface area contributed by atoms with Crippen LogP contribution in [0.2, 0.25) is 0 Å². The molecule has 0 amide bonds. The maximum atomic E-state index is 11.9. The van der Waals surface area contributed by atoms with Gasteiger partial charge in [0.2, 0.25) is 0 Å². The van der Waals surface area contributed by atoms with Crippen LogP contribution in [0.4, 0.5) is 0 Å². The molecule has 1 aromatic carbocycles. The van der Waals surface area contributed by atoms with E-state index >= 15 is 0 Å². The number of ketones is 1. The van der Waals surface area contributed by atoms with E-state index in [2.05, 4.69) is 10.2 Å². The molecule has 0 saturated carbocycles. The molecule has 1 heterocycles. The van der Waals surface area contributed by atoms with Crippen LogP contribution in [0, 0.1) is 0 Å². The number of nitrogens with zero attached hydrogens (tertiary/aromatic N) is 3. The second-order valence-corrected chi connectivity index (χ2v) is 5.66. The van der Waals surface area contributed by atoms with E-state index in [1.165, 1.54) is 6.92 Å². The summed E-state index contributed by atoms with van der Waals surface area (Å²) in [5, 5.41) is 7.77. The maximum Gasteiger partial charge on any atom is 0.327 e. The van der Waals surface area contributed by atoms with Crippen molar-refractivity contribution in [3.8, 4) is 11.4 Å². The summed E-state index contributed by atoms with van der Waals surface area (Å²) in [7, 11) is 1.80. The van der Waals surface area contributed by atoms with Gasteiger partial charge in [0.15, 0.2) is 22.0 Å². The molecule has 0 spiro atoms. The molecule has 7 heteroatoms. The van der Waals surface area contributed by atoms with Gasteiger partial charge in [-0.1, -0.05) is 42.1 Å². The maximum absolute atomic E-state index is 11.9. The molecule has 0 N–H and O–H groups in total. The lowest BCUT2D eigenvalue weighted by molar-refractivity contribution is -0.144. The van der Waals surface area contributed by atoms with Gasteiger partial charge in [-0.15, -0.1) is 10.2 Å². The highest BCUT2D eigenvalue weighted by molar-refractivity contribution is 8.01. The number of rotatable bonds is 6. The number of aromatic nitrogens is 3. The Labute approximate surface area is 132 Å². The van der Waals surface area contributed by atoms with E-state index in [0.29, 0.717) is 11.0 Å². The molecule has 1 atom stereocenters. The number of carbonyl (C=O) groups excluding carboxylic acids is 2. The Morgan fingerprint density at radius 2 is 1.95 bits per heavy atom. The van der Waals surface area contributed by atoms with Gasteiger partial charge in [0.05, 0.1) is 6.61 Å². The van der Waals surface area contributed by atoms with Crippen molar-refractivity contribution in [2.45, 2.75) is 24.3 Å². The van der Waals surface area contributed by atoms with Gasteiger partial charge in [-0.05, 0) is 13.8 Å². The predicted molar refractivity (Wildman–Crippen MR) is 83.4 cm³/mol. The van der Waals surface area contributed by atoms with Crippen LogP contribution in [0.25, 0.3) is 11.4 Å². The number of benzene rings is 1. The van der Waals surface area contributed by atoms with Crippen LogP contribution >= 0.6 is 11.8 Å². The lowest BCUT2D eigenvalue weighted by atomic mass is 10.2. The van der Waals surface area contributed by atoms with E-state index in [1.54, 1.807) is 18.5 Å². The second kappa shape index (κ2) is 7.22. The van der Waals surface area contributed by atoms with Crippen LogP contribution < -0.4 is 0 Å². The summed E-state index contributed by atoms with van der Waals surface area (Å²) < 4.78 is 6.69. The van der Waals surface area contributed by atoms with Gasteiger partial charge < -0.3 is 9.30 Å². The molecule has 0 aliphatic rings. The first-order chi connectivity index (χ1) is 10.5. The SMILES string of the molecule is CCOC(=O)C(Sc1nnc(-c2ccccc2)n1C)C(C)=O. The molecule has 2 aromatic rings. The first-order valence-electron chi connectivity index (χ1n) is 6.83. The molecular weight excluding hydrogens is 302 g/mol. The zero-order valence-electron chi connectivity index (χ0n) is 12.6. The number of esters is 1. The van der Waals surface area contributed by atoms with Crippen LogP contribution in [-0.2, 0) is 21.4 Å². The molecule has 0 radical (unpaired) electrons. The number of ether oxygens (including phenoxy) is 1. The summed E-state index contributed by atoms with van der Waals surface area (Å²) in [6.45, 7) is 3.30. The zero-order valence-corrected chi connectivity index (χ0v) is 13.5. The lowest BCUT2D eigenvalue weighted by Gasteiger charge is -2.11. The molecule has 116 valence electrons. The highest BCUT2D eigenvalue weighted by Crippen LogP contribution is 2.26. The smallest absolute Gasteiger partial charge is 0.327 e. The average Bonchev–Trinajstić information content (AvgIpc) is 2.86. The largest absolute Gasteiger partial charge is 0.465 e. The average molecular weight is 319 g/mol. The molecule has 2 rings (SSSR count). The van der Waals surface area contributed by atoms with Crippen molar-refractivity contribution in [2.75, 3.05) is 6.61 Å². The number of Topliss-reactive ketones (excluding diaryl/α,β-unsaturated/α-hetero) is 1. The molecule has 6 nitrogen and oxygen atoms in total. The summed E-state index contributed by atoms with van der Waals surface area (Å²) in [5.74, 6) is -0.147. The fourth-order valence-electron chi connectivity index (χ4n) is 1.88. The molecule has 0 aliphatic heterocycles. The number of thioether (sulfide) groups is 1. The van der Waals surface area contributed by atoms with E-state index < -0.39 is 11.2 Å². The number of hydrogen-bond acceptors (Lipinski definition) is 6. The van der Waals surface area contributed by atoms with Gasteiger partial charge in [-0.2, -0.15) is 0 Å². The summed E-state index contributed by atoms with van der Waals surface area (Å²) in [4.78, 5) is 23.5. The van der Waals surface area contributed by atoms with Crippen molar-refractivity contribution in [2.24, 2.45) is 7.05 Å². The van der Waals surface area contributed by atoms with E-state index in [1.807, 2.05) is 30.3 Å². The predicted octanol–water partition coefficient (Wildman–Crippen LogP) is 2.09. The van der Waals surface area contributed by atoms with E-state index in [9.17, 15) is 9.59 Å². The Morgan fingerprint density at radius 3 is 2.55 bits per heavy atom. The Balaban J connectivity index is 2.25. The van der Waals surface area contributed by atoms with Crippen molar-refractivity contribution in [1.29, 1.82) is 0 Å². The Kier molecular flexibility index (Phi) is 5.32. The fraction of sp³-hybridized carbons (Fsp3) is 0.333. The van der Waals surface area contributed by atoms with Crippen molar-refractivity contribution in [1.82, 2.24) is 14.8 Å². The summed E-state index contributed by atoms with van der Waals surface area (Å²) in [6.07, 6.45) is 0. The Hall–Kier alpha value is -2.15. The van der Waals surface area contributed by atoms with Gasteiger partial charge in [-0.25, -0.2) is 0 Å². The lowest BCUT2D eigenvalue weighted by Crippen LogP contribution is -2.27. The van der Waals surface area contributed by atoms with Gasteiger partial charge in [0, 0.05) is 12.6 Å². The first-order valence-corrected chi connectivity index (χ1v) is 7.71. The summed E-state index contributed by atoms with van der Waals surface area (Å²) >= 11 is 1.05. The van der Waals surface area contributed by atoms with Crippen molar-refractivity contribution in [3.63, 3.8) is 0 Å². The number of carbonyl (C=O) groups is 2. The van der Waals surface area contributed by atoms with Crippen molar-refractivity contribution >= 4 is 23.5 Å². The van der Waals surface area contributed by atoms with Crippen molar-refractivity contribution < 1.29 is 14.3 Å². The molecule has 0 bridgehead atoms. The van der Waals surface area contributed by atoms with Crippen LogP contribution in [0.5, 0.6) is 0 Å². The third-order valence-corrected chi connectivity index (χ3v) is 4.29. The molecule has 22 heavy (non-hydrogen) atoms. The second-order valence-electron chi connectivity index (χ2n) is 4.59. The summed E-state index contributed by atoms with van der Waals surface area (Å²) in [5.41, 5.74) is 0.917. The molecule has 0 fully saturated rings. The Bertz CT molecular complexity index is 670. The van der Waals surface area contributed by atoms with Gasteiger partial charge >= 0.3 is 5.97 Å². The van der Waals surface area contributed by atoms with Crippen LogP contribution in [0.1, 0.15) is 13.8 Å². The van der Waals surface area contributed by atoms with Crippen LogP contribution in [-0.4, -0.2) is 38.4 Å². The first kappa shape index (κ1) is 16.2. The topological polar surface area (TPSA) is 74.1 Å². The molecule has 0 saturated heterocycles. The quantitative estimate of drug-likeness (QED) is 0.461. The van der Waals surface area contributed by atoms with Gasteiger partial charge in [0.1, 0.15) is 0 Å². The van der Waals surface area contributed by atoms with Gasteiger partial charge in [-0.3, -0.25) is 9.59 Å². The van der Waals surface area contributed by atoms with E-state index in [4.69, 9.17) is 4.74 Å². The van der Waals surface area contributed by atoms with Crippen LogP contribution in [0.15, 0.2) is 35.5 Å². The van der Waals surface area contributed by atoms with Crippen molar-refractivity contribution in [3.05, 3.63) is 30.3 Å². The van der Waals surface area contributed by atoms with Crippen LogP contribution in [0.3, 0.4) is 0 Å². The normalized spacial score (nSPS) is 12.0. The molecular formula is C15H17N3O3S. The minimum absolute atomic E-state index is 0.233. The highest BCUT2D eigenvalue weighted by Gasteiger charge is 2.28. The standard InChI is InChI=1S/C15H17N3O3S/c1-4-21-14(20)12(10(2)19)22-15-17-16-13(18(15)3)11-8-6-5-7-9-11/h5-9,12H,4H2,1-3H3. The zero-order chi connectivity index (χ0) is 16.1. The molecule has 1 unspecified atom stereocenters. The third-order valence-electron chi connectivity index (χ3n) is 2.96.